The highest BCUT2D eigenvalue weighted by Gasteiger charge is 2.30. The molecule has 2 unspecified atom stereocenters. The van der Waals surface area contributed by atoms with Crippen molar-refractivity contribution in [3.8, 4) is 0 Å². The molecule has 0 spiro atoms. The molecule has 0 bridgehead atoms. The Kier molecular flexibility index (Phi) is 3.62. The van der Waals surface area contributed by atoms with Crippen molar-refractivity contribution in [1.29, 1.82) is 0 Å². The van der Waals surface area contributed by atoms with Gasteiger partial charge in [-0.25, -0.2) is 0 Å². The summed E-state index contributed by atoms with van der Waals surface area (Å²) < 4.78 is 0.834. The van der Waals surface area contributed by atoms with Crippen LogP contribution in [-0.4, -0.2) is 5.38 Å². The molecule has 4 heteroatoms. The molecule has 1 aromatic carbocycles. The number of hydrogen-bond donors (Lipinski definition) is 1. The van der Waals surface area contributed by atoms with Crippen molar-refractivity contribution >= 4 is 34.5 Å². The lowest BCUT2D eigenvalue weighted by Crippen LogP contribution is -2.25. The van der Waals surface area contributed by atoms with E-state index in [-0.39, 0.29) is 11.4 Å². The Morgan fingerprint density at radius 3 is 2.83 bits per heavy atom. The summed E-state index contributed by atoms with van der Waals surface area (Å²) in [7, 11) is 0. The van der Waals surface area contributed by atoms with Crippen molar-refractivity contribution in [2.45, 2.75) is 24.4 Å². The molecule has 0 fully saturated rings. The molecule has 0 amide bonds. The van der Waals surface area contributed by atoms with Crippen molar-refractivity contribution in [1.82, 2.24) is 5.32 Å². The zero-order valence-electron chi connectivity index (χ0n) is 9.70. The largest absolute Gasteiger partial charge is 0.304 e. The van der Waals surface area contributed by atoms with E-state index in [2.05, 4.69) is 35.6 Å². The number of benzene rings is 1. The van der Waals surface area contributed by atoms with Crippen molar-refractivity contribution in [3.63, 3.8) is 0 Å². The van der Waals surface area contributed by atoms with E-state index >= 15 is 0 Å². The van der Waals surface area contributed by atoms with Crippen LogP contribution >= 0.6 is 34.5 Å². The van der Waals surface area contributed by atoms with E-state index < -0.39 is 0 Å². The predicted octanol–water partition coefficient (Wildman–Crippen LogP) is 4.40. The SMILES string of the molecule is Clc1ccc(CNC2c3ccccc3CC2Cl)s1. The molecule has 0 aliphatic heterocycles. The van der Waals surface area contributed by atoms with Gasteiger partial charge in [0, 0.05) is 17.5 Å². The summed E-state index contributed by atoms with van der Waals surface area (Å²) in [6.45, 7) is 0.819. The second-order valence-electron chi connectivity index (χ2n) is 4.48. The molecule has 1 nitrogen and oxygen atoms in total. The van der Waals surface area contributed by atoms with Gasteiger partial charge in [-0.05, 0) is 29.7 Å². The molecule has 1 N–H and O–H groups in total. The van der Waals surface area contributed by atoms with Gasteiger partial charge in [-0.15, -0.1) is 22.9 Å². The van der Waals surface area contributed by atoms with Crippen LogP contribution in [0.5, 0.6) is 0 Å². The minimum atomic E-state index is 0.137. The fourth-order valence-corrected chi connectivity index (χ4v) is 3.87. The zero-order valence-corrected chi connectivity index (χ0v) is 12.0. The van der Waals surface area contributed by atoms with E-state index in [0.29, 0.717) is 0 Å². The molecular weight excluding hydrogens is 285 g/mol. The summed E-state index contributed by atoms with van der Waals surface area (Å²) in [6.07, 6.45) is 0.945. The van der Waals surface area contributed by atoms with Gasteiger partial charge in [-0.1, -0.05) is 35.9 Å². The molecular formula is C14H13Cl2NS. The molecule has 18 heavy (non-hydrogen) atoms. The van der Waals surface area contributed by atoms with Crippen LogP contribution in [0.3, 0.4) is 0 Å². The lowest BCUT2D eigenvalue weighted by molar-refractivity contribution is 0.539. The molecule has 0 radical (unpaired) electrons. The number of fused-ring (bicyclic) bond motifs is 1. The average molecular weight is 298 g/mol. The molecule has 1 aliphatic carbocycles. The van der Waals surface area contributed by atoms with Gasteiger partial charge in [-0.3, -0.25) is 0 Å². The molecule has 3 rings (SSSR count). The summed E-state index contributed by atoms with van der Waals surface area (Å²) >= 11 is 14.0. The molecule has 0 saturated heterocycles. The molecule has 94 valence electrons. The Balaban J connectivity index is 1.73. The normalized spacial score (nSPS) is 22.1. The number of halogens is 2. The molecule has 1 aliphatic rings. The second kappa shape index (κ2) is 5.22. The molecule has 1 heterocycles. The highest BCUT2D eigenvalue weighted by Crippen LogP contribution is 2.35. The summed E-state index contributed by atoms with van der Waals surface area (Å²) in [6, 6.07) is 12.7. The Morgan fingerprint density at radius 1 is 1.22 bits per heavy atom. The quantitative estimate of drug-likeness (QED) is 0.828. The van der Waals surface area contributed by atoms with Gasteiger partial charge < -0.3 is 5.32 Å². The van der Waals surface area contributed by atoms with Crippen LogP contribution in [0, 0.1) is 0 Å². The van der Waals surface area contributed by atoms with Crippen LogP contribution in [0.1, 0.15) is 22.0 Å². The number of nitrogens with one attached hydrogen (secondary N) is 1. The van der Waals surface area contributed by atoms with Crippen LogP contribution in [-0.2, 0) is 13.0 Å². The van der Waals surface area contributed by atoms with Crippen LogP contribution in [0.25, 0.3) is 0 Å². The second-order valence-corrected chi connectivity index (χ2v) is 6.84. The summed E-state index contributed by atoms with van der Waals surface area (Å²) in [5.41, 5.74) is 2.69. The Bertz CT molecular complexity index is 552. The third kappa shape index (κ3) is 2.43. The maximum atomic E-state index is 6.43. The first-order valence-corrected chi connectivity index (χ1v) is 7.56. The number of alkyl halides is 1. The van der Waals surface area contributed by atoms with Gasteiger partial charge in [0.2, 0.25) is 0 Å². The van der Waals surface area contributed by atoms with Gasteiger partial charge in [0.25, 0.3) is 0 Å². The average Bonchev–Trinajstić information content (AvgIpc) is 2.90. The van der Waals surface area contributed by atoms with E-state index in [1.807, 2.05) is 6.07 Å². The Morgan fingerprint density at radius 2 is 2.06 bits per heavy atom. The molecule has 0 saturated carbocycles. The van der Waals surface area contributed by atoms with Crippen molar-refractivity contribution in [2.75, 3.05) is 0 Å². The minimum Gasteiger partial charge on any atom is -0.304 e. The van der Waals surface area contributed by atoms with E-state index in [0.717, 1.165) is 17.3 Å². The molecule has 1 aromatic heterocycles. The zero-order chi connectivity index (χ0) is 12.5. The number of hydrogen-bond acceptors (Lipinski definition) is 2. The standard InChI is InChI=1S/C14H13Cl2NS/c15-12-7-9-3-1-2-4-11(9)14(12)17-8-10-5-6-13(16)18-10/h1-6,12,14,17H,7-8H2. The van der Waals surface area contributed by atoms with Crippen molar-refractivity contribution < 1.29 is 0 Å². The Hall–Kier alpha value is -0.540. The van der Waals surface area contributed by atoms with Gasteiger partial charge in [0.05, 0.1) is 9.71 Å². The third-order valence-electron chi connectivity index (χ3n) is 3.29. The van der Waals surface area contributed by atoms with Gasteiger partial charge in [0.1, 0.15) is 0 Å². The summed E-state index contributed by atoms with van der Waals surface area (Å²) in [5, 5.41) is 3.67. The van der Waals surface area contributed by atoms with Crippen molar-refractivity contribution in [2.24, 2.45) is 0 Å². The molecule has 2 aromatic rings. The van der Waals surface area contributed by atoms with Gasteiger partial charge >= 0.3 is 0 Å². The highest BCUT2D eigenvalue weighted by atomic mass is 35.5. The predicted molar refractivity (Wildman–Crippen MR) is 78.7 cm³/mol. The van der Waals surface area contributed by atoms with Crippen LogP contribution in [0.15, 0.2) is 36.4 Å². The summed E-state index contributed by atoms with van der Waals surface area (Å²) in [4.78, 5) is 1.24. The maximum Gasteiger partial charge on any atom is 0.0931 e. The molecule has 2 atom stereocenters. The topological polar surface area (TPSA) is 12.0 Å². The third-order valence-corrected chi connectivity index (χ3v) is 4.93. The lowest BCUT2D eigenvalue weighted by atomic mass is 10.1. The van der Waals surface area contributed by atoms with Crippen LogP contribution in [0.4, 0.5) is 0 Å². The minimum absolute atomic E-state index is 0.137. The van der Waals surface area contributed by atoms with E-state index in [4.69, 9.17) is 23.2 Å². The maximum absolute atomic E-state index is 6.43. The van der Waals surface area contributed by atoms with Crippen molar-refractivity contribution in [3.05, 3.63) is 56.7 Å². The van der Waals surface area contributed by atoms with Crippen LogP contribution in [0.2, 0.25) is 4.34 Å². The Labute approximate surface area is 121 Å². The van der Waals surface area contributed by atoms with E-state index in [1.165, 1.54) is 16.0 Å². The van der Waals surface area contributed by atoms with Gasteiger partial charge in [0.15, 0.2) is 0 Å². The fourth-order valence-electron chi connectivity index (χ4n) is 2.44. The highest BCUT2D eigenvalue weighted by molar-refractivity contribution is 7.16. The number of thiophene rings is 1. The smallest absolute Gasteiger partial charge is 0.0931 e. The fraction of sp³-hybridized carbons (Fsp3) is 0.286. The van der Waals surface area contributed by atoms with Crippen LogP contribution < -0.4 is 5.32 Å². The van der Waals surface area contributed by atoms with E-state index in [9.17, 15) is 0 Å². The monoisotopic (exact) mass is 297 g/mol. The first-order chi connectivity index (χ1) is 8.74. The first kappa shape index (κ1) is 12.5. The lowest BCUT2D eigenvalue weighted by Gasteiger charge is -2.16. The number of rotatable bonds is 3. The summed E-state index contributed by atoms with van der Waals surface area (Å²) in [5.74, 6) is 0. The van der Waals surface area contributed by atoms with E-state index in [1.54, 1.807) is 11.3 Å². The first-order valence-electron chi connectivity index (χ1n) is 5.93. The van der Waals surface area contributed by atoms with Gasteiger partial charge in [-0.2, -0.15) is 0 Å².